The lowest BCUT2D eigenvalue weighted by Crippen LogP contribution is -2.49. The molecule has 2 atom stereocenters. The summed E-state index contributed by atoms with van der Waals surface area (Å²) in [7, 11) is 1.64. The van der Waals surface area contributed by atoms with Crippen molar-refractivity contribution in [2.75, 3.05) is 20.3 Å². The van der Waals surface area contributed by atoms with Gasteiger partial charge in [-0.05, 0) is 81.0 Å². The number of methoxy groups -OCH3 is 1. The number of amides is 1. The van der Waals surface area contributed by atoms with E-state index in [0.717, 1.165) is 62.6 Å². The summed E-state index contributed by atoms with van der Waals surface area (Å²) in [5.41, 5.74) is 2.18. The Kier molecular flexibility index (Phi) is 9.59. The summed E-state index contributed by atoms with van der Waals surface area (Å²) >= 11 is 0. The van der Waals surface area contributed by atoms with E-state index >= 15 is 0 Å². The third kappa shape index (κ3) is 6.92. The van der Waals surface area contributed by atoms with Crippen molar-refractivity contribution in [2.24, 2.45) is 16.9 Å². The summed E-state index contributed by atoms with van der Waals surface area (Å²) in [5.74, 6) is 1.20. The van der Waals surface area contributed by atoms with Crippen molar-refractivity contribution in [3.63, 3.8) is 0 Å². The third-order valence-electron chi connectivity index (χ3n) is 8.34. The highest BCUT2D eigenvalue weighted by Crippen LogP contribution is 2.39. The number of hydrazone groups is 1. The molecule has 5 rings (SSSR count). The molecule has 0 spiro atoms. The first-order valence-corrected chi connectivity index (χ1v) is 14.9. The van der Waals surface area contributed by atoms with Gasteiger partial charge in [-0.2, -0.15) is 5.10 Å². The molecular formula is C33H40N2O6. The number of unbranched alkanes of at least 4 members (excludes halogenated alkanes) is 1. The zero-order valence-corrected chi connectivity index (χ0v) is 23.8. The van der Waals surface area contributed by atoms with Crippen LogP contribution in [0.2, 0.25) is 0 Å². The number of nitrogens with zero attached hydrogens (tertiary/aromatic N) is 2. The SMILES string of the molecule is COc1ccc(C2=NN(C3CCCCCC3)C(=O)[C@H]3CC=CC[C@@H]23)cc1OCCCCOc1ccc(C(=O)O)cc1. The molecule has 0 saturated heterocycles. The molecule has 1 saturated carbocycles. The van der Waals surface area contributed by atoms with Crippen molar-refractivity contribution >= 4 is 17.6 Å². The smallest absolute Gasteiger partial charge is 0.335 e. The Morgan fingerprint density at radius 3 is 2.27 bits per heavy atom. The van der Waals surface area contributed by atoms with E-state index in [1.807, 2.05) is 23.2 Å². The minimum Gasteiger partial charge on any atom is -0.494 e. The molecule has 1 heterocycles. The lowest BCUT2D eigenvalue weighted by Gasteiger charge is -2.40. The number of carbonyl (C=O) groups excluding carboxylic acids is 1. The average Bonchev–Trinajstić information content (AvgIpc) is 3.29. The van der Waals surface area contributed by atoms with Gasteiger partial charge in [0.05, 0.1) is 43.6 Å². The van der Waals surface area contributed by atoms with Crippen LogP contribution in [0.25, 0.3) is 0 Å². The van der Waals surface area contributed by atoms with Crippen molar-refractivity contribution < 1.29 is 28.9 Å². The highest BCUT2D eigenvalue weighted by atomic mass is 16.5. The summed E-state index contributed by atoms with van der Waals surface area (Å²) in [6.07, 6.45) is 14.3. The van der Waals surface area contributed by atoms with Gasteiger partial charge in [0.25, 0.3) is 0 Å². The van der Waals surface area contributed by atoms with Crippen LogP contribution in [0.4, 0.5) is 0 Å². The second-order valence-corrected chi connectivity index (χ2v) is 11.1. The van der Waals surface area contributed by atoms with Crippen molar-refractivity contribution in [1.29, 1.82) is 0 Å². The fraction of sp³-hybridized carbons (Fsp3) is 0.485. The Morgan fingerprint density at radius 1 is 0.902 bits per heavy atom. The number of carbonyl (C=O) groups is 2. The van der Waals surface area contributed by atoms with Crippen LogP contribution in [0.3, 0.4) is 0 Å². The Balaban J connectivity index is 1.25. The number of ether oxygens (including phenoxy) is 3. The predicted molar refractivity (Wildman–Crippen MR) is 157 cm³/mol. The maximum Gasteiger partial charge on any atom is 0.335 e. The van der Waals surface area contributed by atoms with Crippen molar-refractivity contribution in [3.8, 4) is 17.2 Å². The first-order valence-electron chi connectivity index (χ1n) is 14.9. The van der Waals surface area contributed by atoms with Gasteiger partial charge in [-0.15, -0.1) is 0 Å². The average molecular weight is 561 g/mol. The molecule has 2 aliphatic carbocycles. The molecule has 41 heavy (non-hydrogen) atoms. The summed E-state index contributed by atoms with van der Waals surface area (Å²) in [4.78, 5) is 24.6. The van der Waals surface area contributed by atoms with Gasteiger partial charge in [0.2, 0.25) is 5.91 Å². The molecule has 0 aromatic heterocycles. The van der Waals surface area contributed by atoms with Crippen LogP contribution in [0.5, 0.6) is 17.2 Å². The van der Waals surface area contributed by atoms with Crippen molar-refractivity contribution in [1.82, 2.24) is 5.01 Å². The van der Waals surface area contributed by atoms with Gasteiger partial charge < -0.3 is 19.3 Å². The van der Waals surface area contributed by atoms with Gasteiger partial charge in [0.15, 0.2) is 11.5 Å². The number of hydrogen-bond donors (Lipinski definition) is 1. The highest BCUT2D eigenvalue weighted by Gasteiger charge is 2.42. The Morgan fingerprint density at radius 2 is 1.59 bits per heavy atom. The zero-order chi connectivity index (χ0) is 28.6. The number of benzene rings is 2. The van der Waals surface area contributed by atoms with Gasteiger partial charge in [-0.1, -0.05) is 37.8 Å². The Hall–Kier alpha value is -3.81. The molecule has 0 unspecified atom stereocenters. The van der Waals surface area contributed by atoms with Crippen LogP contribution >= 0.6 is 0 Å². The molecule has 3 aliphatic rings. The fourth-order valence-electron chi connectivity index (χ4n) is 6.05. The quantitative estimate of drug-likeness (QED) is 0.192. The number of allylic oxidation sites excluding steroid dienone is 2. The molecule has 8 heteroatoms. The lowest BCUT2D eigenvalue weighted by molar-refractivity contribution is -0.140. The second kappa shape index (κ2) is 13.7. The first kappa shape index (κ1) is 28.7. The van der Waals surface area contributed by atoms with E-state index in [1.165, 1.54) is 25.0 Å². The second-order valence-electron chi connectivity index (χ2n) is 11.1. The molecule has 2 aromatic carbocycles. The topological polar surface area (TPSA) is 97.7 Å². The molecule has 218 valence electrons. The molecule has 0 radical (unpaired) electrons. The van der Waals surface area contributed by atoms with Gasteiger partial charge in [0, 0.05) is 11.5 Å². The molecule has 0 bridgehead atoms. The minimum absolute atomic E-state index is 0.0671. The molecular weight excluding hydrogens is 520 g/mol. The molecule has 1 fully saturated rings. The standard InChI is InChI=1S/C33H40N2O6/c1-39-29-19-16-24(22-30(29)41-21-9-8-20-40-26-17-14-23(15-18-26)33(37)38)31-27-12-6-7-13-28(27)32(36)35(34-31)25-10-4-2-3-5-11-25/h6-7,14-19,22,25,27-28H,2-5,8-13,20-21H2,1H3,(H,37,38)/t27-,28+/m1/s1. The molecule has 1 N–H and O–H groups in total. The van der Waals surface area contributed by atoms with Crippen LogP contribution in [0.15, 0.2) is 59.7 Å². The normalized spacial score (nSPS) is 21.0. The van der Waals surface area contributed by atoms with Gasteiger partial charge in [-0.3, -0.25) is 4.79 Å². The highest BCUT2D eigenvalue weighted by molar-refractivity contribution is 6.07. The number of carboxylic acids is 1. The number of carboxylic acid groups (broad SMARTS) is 1. The number of hydrogen-bond acceptors (Lipinski definition) is 6. The number of aromatic carboxylic acids is 1. The summed E-state index contributed by atoms with van der Waals surface area (Å²) in [5, 5.41) is 15.9. The molecule has 1 amide bonds. The fourth-order valence-corrected chi connectivity index (χ4v) is 6.05. The molecule has 8 nitrogen and oxygen atoms in total. The summed E-state index contributed by atoms with van der Waals surface area (Å²) in [6, 6.07) is 12.6. The van der Waals surface area contributed by atoms with E-state index < -0.39 is 5.97 Å². The summed E-state index contributed by atoms with van der Waals surface area (Å²) in [6.45, 7) is 1.00. The lowest BCUT2D eigenvalue weighted by atomic mass is 9.76. The minimum atomic E-state index is -0.954. The largest absolute Gasteiger partial charge is 0.494 e. The maximum absolute atomic E-state index is 13.6. The van der Waals surface area contributed by atoms with Crippen LogP contribution in [0, 0.1) is 11.8 Å². The predicted octanol–water partition coefficient (Wildman–Crippen LogP) is 6.48. The van der Waals surface area contributed by atoms with Gasteiger partial charge in [-0.25, -0.2) is 9.80 Å². The van der Waals surface area contributed by atoms with E-state index in [-0.39, 0.29) is 29.3 Å². The van der Waals surface area contributed by atoms with E-state index in [2.05, 4.69) is 12.2 Å². The van der Waals surface area contributed by atoms with E-state index in [1.54, 1.807) is 19.2 Å². The van der Waals surface area contributed by atoms with Crippen LogP contribution in [-0.2, 0) is 4.79 Å². The summed E-state index contributed by atoms with van der Waals surface area (Å²) < 4.78 is 17.5. The zero-order valence-electron chi connectivity index (χ0n) is 23.8. The van der Waals surface area contributed by atoms with Crippen LogP contribution in [0.1, 0.15) is 80.1 Å². The number of rotatable bonds is 11. The van der Waals surface area contributed by atoms with Gasteiger partial charge in [0.1, 0.15) is 5.75 Å². The Labute approximate surface area is 242 Å². The van der Waals surface area contributed by atoms with E-state index in [9.17, 15) is 9.59 Å². The van der Waals surface area contributed by atoms with E-state index in [0.29, 0.717) is 30.5 Å². The first-order chi connectivity index (χ1) is 20.0. The monoisotopic (exact) mass is 560 g/mol. The number of fused-ring (bicyclic) bond motifs is 1. The van der Waals surface area contributed by atoms with Crippen molar-refractivity contribution in [2.45, 2.75) is 70.3 Å². The maximum atomic E-state index is 13.6. The third-order valence-corrected chi connectivity index (χ3v) is 8.34. The Bertz CT molecular complexity index is 1260. The molecule has 1 aliphatic heterocycles. The van der Waals surface area contributed by atoms with Crippen molar-refractivity contribution in [3.05, 3.63) is 65.7 Å². The van der Waals surface area contributed by atoms with Gasteiger partial charge >= 0.3 is 5.97 Å². The van der Waals surface area contributed by atoms with E-state index in [4.69, 9.17) is 24.4 Å². The van der Waals surface area contributed by atoms with Crippen LogP contribution < -0.4 is 14.2 Å². The van der Waals surface area contributed by atoms with Crippen LogP contribution in [-0.4, -0.2) is 54.1 Å². The molecule has 2 aromatic rings.